The van der Waals surface area contributed by atoms with E-state index in [9.17, 15) is 18.3 Å². The van der Waals surface area contributed by atoms with E-state index in [1.807, 2.05) is 31.2 Å². The maximum Gasteiger partial charge on any atom is 0.389 e. The molecular formula is C25H25F3O3. The van der Waals surface area contributed by atoms with Gasteiger partial charge in [0.2, 0.25) is 0 Å². The van der Waals surface area contributed by atoms with Gasteiger partial charge in [0.25, 0.3) is 0 Å². The molecule has 1 aliphatic carbocycles. The van der Waals surface area contributed by atoms with E-state index in [1.54, 1.807) is 32.4 Å². The van der Waals surface area contributed by atoms with Crippen molar-refractivity contribution in [3.05, 3.63) is 53.6 Å². The molecule has 0 heterocycles. The normalized spacial score (nSPS) is 17.5. The fourth-order valence-corrected chi connectivity index (χ4v) is 5.03. The van der Waals surface area contributed by atoms with Crippen molar-refractivity contribution < 1.29 is 27.8 Å². The number of aromatic hydroxyl groups is 1. The van der Waals surface area contributed by atoms with Crippen molar-refractivity contribution in [2.75, 3.05) is 14.2 Å². The molecule has 0 radical (unpaired) electrons. The lowest BCUT2D eigenvalue weighted by Gasteiger charge is -2.33. The number of methoxy groups -OCH3 is 2. The number of alkyl halides is 3. The van der Waals surface area contributed by atoms with Gasteiger partial charge in [-0.25, -0.2) is 0 Å². The molecule has 6 heteroatoms. The first-order chi connectivity index (χ1) is 14.7. The Labute approximate surface area is 179 Å². The highest BCUT2D eigenvalue weighted by Crippen LogP contribution is 2.58. The van der Waals surface area contributed by atoms with Crippen molar-refractivity contribution in [3.63, 3.8) is 0 Å². The first-order valence-electron chi connectivity index (χ1n) is 10.3. The molecule has 0 aliphatic heterocycles. The second-order valence-electron chi connectivity index (χ2n) is 8.09. The Morgan fingerprint density at radius 2 is 1.55 bits per heavy atom. The predicted octanol–water partition coefficient (Wildman–Crippen LogP) is 6.97. The maximum atomic E-state index is 13.3. The molecule has 1 aliphatic rings. The average Bonchev–Trinajstić information content (AvgIpc) is 3.01. The Hall–Kier alpha value is -2.89. The highest BCUT2D eigenvalue weighted by Gasteiger charge is 2.46. The third-order valence-corrected chi connectivity index (χ3v) is 6.36. The first kappa shape index (κ1) is 21.3. The fraction of sp³-hybridized carbons (Fsp3) is 0.360. The van der Waals surface area contributed by atoms with Crippen molar-refractivity contribution in [1.29, 1.82) is 0 Å². The quantitative estimate of drug-likeness (QED) is 0.459. The number of hydrogen-bond acceptors (Lipinski definition) is 3. The van der Waals surface area contributed by atoms with E-state index >= 15 is 0 Å². The van der Waals surface area contributed by atoms with E-state index in [0.717, 1.165) is 27.6 Å². The summed E-state index contributed by atoms with van der Waals surface area (Å²) in [6.07, 6.45) is -4.01. The minimum Gasteiger partial charge on any atom is -0.507 e. The summed E-state index contributed by atoms with van der Waals surface area (Å²) in [5.74, 6) is 1.25. The molecule has 3 nitrogen and oxygen atoms in total. The van der Waals surface area contributed by atoms with Crippen LogP contribution in [0.4, 0.5) is 13.2 Å². The molecule has 31 heavy (non-hydrogen) atoms. The molecule has 0 fully saturated rings. The number of halogens is 3. The minimum absolute atomic E-state index is 0.0416. The van der Waals surface area contributed by atoms with Crippen molar-refractivity contribution in [1.82, 2.24) is 0 Å². The molecule has 1 unspecified atom stereocenters. The van der Waals surface area contributed by atoms with Crippen LogP contribution < -0.4 is 9.47 Å². The van der Waals surface area contributed by atoms with Gasteiger partial charge in [0.15, 0.2) is 0 Å². The molecule has 3 aromatic carbocycles. The number of phenols is 1. The van der Waals surface area contributed by atoms with Crippen molar-refractivity contribution in [3.8, 4) is 28.4 Å². The van der Waals surface area contributed by atoms with Crippen LogP contribution in [0.1, 0.15) is 43.7 Å². The third kappa shape index (κ3) is 3.48. The number of fused-ring (bicyclic) bond motifs is 5. The maximum absolute atomic E-state index is 13.3. The van der Waals surface area contributed by atoms with Gasteiger partial charge >= 0.3 is 6.18 Å². The molecule has 1 atom stereocenters. The summed E-state index contributed by atoms with van der Waals surface area (Å²) in [5, 5.41) is 12.3. The van der Waals surface area contributed by atoms with Gasteiger partial charge < -0.3 is 14.6 Å². The summed E-state index contributed by atoms with van der Waals surface area (Å²) < 4.78 is 50.7. The van der Waals surface area contributed by atoms with Crippen molar-refractivity contribution in [2.24, 2.45) is 0 Å². The van der Waals surface area contributed by atoms with Gasteiger partial charge in [-0.15, -0.1) is 0 Å². The lowest BCUT2D eigenvalue weighted by molar-refractivity contribution is -0.137. The Kier molecular flexibility index (Phi) is 5.28. The minimum atomic E-state index is -4.27. The smallest absolute Gasteiger partial charge is 0.389 e. The van der Waals surface area contributed by atoms with Gasteiger partial charge in [-0.3, -0.25) is 0 Å². The number of rotatable bonds is 6. The lowest BCUT2D eigenvalue weighted by Crippen LogP contribution is -2.27. The largest absolute Gasteiger partial charge is 0.507 e. The van der Waals surface area contributed by atoms with Crippen LogP contribution in [0.5, 0.6) is 17.2 Å². The van der Waals surface area contributed by atoms with E-state index < -0.39 is 18.0 Å². The molecule has 164 valence electrons. The van der Waals surface area contributed by atoms with E-state index in [0.29, 0.717) is 29.7 Å². The predicted molar refractivity (Wildman–Crippen MR) is 115 cm³/mol. The van der Waals surface area contributed by atoms with Gasteiger partial charge in [-0.2, -0.15) is 13.2 Å². The monoisotopic (exact) mass is 430 g/mol. The highest BCUT2D eigenvalue weighted by molar-refractivity contribution is 6.05. The Morgan fingerprint density at radius 1 is 0.871 bits per heavy atom. The summed E-state index contributed by atoms with van der Waals surface area (Å²) in [7, 11) is 3.10. The molecule has 0 bridgehead atoms. The van der Waals surface area contributed by atoms with Gasteiger partial charge in [0, 0.05) is 17.2 Å². The SMILES string of the molecule is CCCC1(CCC(F)(F)F)c2cc(OC)ccc2-c2c1cc(O)c1cc(OC)ccc21. The van der Waals surface area contributed by atoms with Crippen molar-refractivity contribution in [2.45, 2.75) is 44.2 Å². The van der Waals surface area contributed by atoms with Crippen LogP contribution >= 0.6 is 0 Å². The van der Waals surface area contributed by atoms with Gasteiger partial charge in [-0.1, -0.05) is 19.4 Å². The van der Waals surface area contributed by atoms with E-state index in [2.05, 4.69) is 0 Å². The number of phenolic OH excluding ortho intramolecular Hbond substituents is 1. The molecule has 0 saturated carbocycles. The third-order valence-electron chi connectivity index (χ3n) is 6.36. The Balaban J connectivity index is 2.06. The topological polar surface area (TPSA) is 38.7 Å². The molecule has 3 aromatic rings. The van der Waals surface area contributed by atoms with Crippen LogP contribution in [-0.2, 0) is 5.41 Å². The molecule has 0 aromatic heterocycles. The van der Waals surface area contributed by atoms with Crippen LogP contribution in [0.2, 0.25) is 0 Å². The van der Waals surface area contributed by atoms with Crippen LogP contribution in [0.25, 0.3) is 21.9 Å². The van der Waals surface area contributed by atoms with E-state index in [1.165, 1.54) is 0 Å². The second kappa shape index (κ2) is 7.66. The van der Waals surface area contributed by atoms with Gasteiger partial charge in [0.05, 0.1) is 14.2 Å². The summed E-state index contributed by atoms with van der Waals surface area (Å²) in [6, 6.07) is 12.7. The van der Waals surface area contributed by atoms with Gasteiger partial charge in [-0.05, 0) is 76.9 Å². The van der Waals surface area contributed by atoms with Crippen molar-refractivity contribution >= 4 is 10.8 Å². The van der Waals surface area contributed by atoms with E-state index in [4.69, 9.17) is 9.47 Å². The molecular weight excluding hydrogens is 405 g/mol. The molecule has 0 spiro atoms. The van der Waals surface area contributed by atoms with E-state index in [-0.39, 0.29) is 12.2 Å². The van der Waals surface area contributed by atoms with Crippen LogP contribution in [-0.4, -0.2) is 25.5 Å². The Bertz CT molecular complexity index is 1140. The standard InChI is InChI=1S/C25H25F3O3/c1-4-9-24(10-11-25(26,27)28)20-13-16(31-3)6-8-18(20)23-17-7-5-15(30-2)12-19(17)22(29)14-21(23)24/h5-8,12-14,29H,4,9-11H2,1-3H3. The molecule has 4 rings (SSSR count). The zero-order valence-corrected chi connectivity index (χ0v) is 17.8. The Morgan fingerprint density at radius 3 is 2.19 bits per heavy atom. The zero-order valence-electron chi connectivity index (χ0n) is 17.8. The summed E-state index contributed by atoms with van der Waals surface area (Å²) in [4.78, 5) is 0. The first-order valence-corrected chi connectivity index (χ1v) is 10.3. The van der Waals surface area contributed by atoms with Crippen LogP contribution in [0, 0.1) is 0 Å². The number of ether oxygens (including phenoxy) is 2. The fourth-order valence-electron chi connectivity index (χ4n) is 5.03. The summed E-state index contributed by atoms with van der Waals surface area (Å²) in [6.45, 7) is 1.97. The summed E-state index contributed by atoms with van der Waals surface area (Å²) in [5.41, 5.74) is 2.49. The molecule has 0 amide bonds. The van der Waals surface area contributed by atoms with Crippen LogP contribution in [0.15, 0.2) is 42.5 Å². The second-order valence-corrected chi connectivity index (χ2v) is 8.09. The highest BCUT2D eigenvalue weighted by atomic mass is 19.4. The lowest BCUT2D eigenvalue weighted by atomic mass is 9.71. The average molecular weight is 430 g/mol. The summed E-state index contributed by atoms with van der Waals surface area (Å²) >= 11 is 0. The number of hydrogen-bond donors (Lipinski definition) is 1. The number of benzene rings is 3. The van der Waals surface area contributed by atoms with Crippen LogP contribution in [0.3, 0.4) is 0 Å². The van der Waals surface area contributed by atoms with Gasteiger partial charge in [0.1, 0.15) is 17.2 Å². The zero-order chi connectivity index (χ0) is 22.4. The molecule has 1 N–H and O–H groups in total. The molecule has 0 saturated heterocycles.